The molecule has 0 saturated carbocycles. The molecule has 0 fully saturated rings. The van der Waals surface area contributed by atoms with Gasteiger partial charge in [0.1, 0.15) is 0 Å². The molecule has 0 spiro atoms. The highest BCUT2D eigenvalue weighted by Crippen LogP contribution is 2.25. The Kier molecular flexibility index (Phi) is 4.01. The molecule has 1 aromatic carbocycles. The summed E-state index contributed by atoms with van der Waals surface area (Å²) in [4.78, 5) is 3.62. The summed E-state index contributed by atoms with van der Waals surface area (Å²) >= 11 is 0. The predicted molar refractivity (Wildman–Crippen MR) is 74.1 cm³/mol. The molecule has 0 unspecified atom stereocenters. The van der Waals surface area contributed by atoms with E-state index < -0.39 is 20.9 Å². The molecule has 0 saturated heterocycles. The van der Waals surface area contributed by atoms with Crippen molar-refractivity contribution < 1.29 is 12.8 Å². The van der Waals surface area contributed by atoms with Gasteiger partial charge in [0.05, 0.1) is 5.69 Å². The van der Waals surface area contributed by atoms with Crippen molar-refractivity contribution in [1.82, 2.24) is 4.98 Å². The molecule has 0 radical (unpaired) electrons. The van der Waals surface area contributed by atoms with E-state index in [2.05, 4.69) is 4.98 Å². The summed E-state index contributed by atoms with van der Waals surface area (Å²) in [6.45, 7) is 0.181. The van der Waals surface area contributed by atoms with Gasteiger partial charge in [-0.2, -0.15) is 8.42 Å². The van der Waals surface area contributed by atoms with Crippen LogP contribution in [-0.2, 0) is 16.6 Å². The summed E-state index contributed by atoms with van der Waals surface area (Å²) in [5.41, 5.74) is 6.64. The summed E-state index contributed by atoms with van der Waals surface area (Å²) in [6, 6.07) is 9.17. The number of hydrogen-bond acceptors (Lipinski definition) is 4. The van der Waals surface area contributed by atoms with Crippen molar-refractivity contribution in [1.29, 1.82) is 0 Å². The van der Waals surface area contributed by atoms with Gasteiger partial charge in [-0.05, 0) is 23.8 Å². The summed E-state index contributed by atoms with van der Waals surface area (Å²) in [6.07, 6.45) is 1.23. The van der Waals surface area contributed by atoms with Crippen molar-refractivity contribution in [2.75, 3.05) is 11.4 Å². The number of rotatable bonds is 4. The minimum Gasteiger partial charge on any atom is -0.326 e. The van der Waals surface area contributed by atoms with Crippen LogP contribution in [0.1, 0.15) is 5.56 Å². The topological polar surface area (TPSA) is 76.3 Å². The van der Waals surface area contributed by atoms with Crippen LogP contribution in [0.5, 0.6) is 0 Å². The second-order valence-electron chi connectivity index (χ2n) is 4.10. The highest BCUT2D eigenvalue weighted by Gasteiger charge is 2.27. The normalized spacial score (nSPS) is 11.3. The van der Waals surface area contributed by atoms with Gasteiger partial charge in [-0.3, -0.25) is 4.31 Å². The molecular formula is C13H14FN3O2S. The van der Waals surface area contributed by atoms with Gasteiger partial charge in [-0.25, -0.2) is 9.37 Å². The zero-order valence-electron chi connectivity index (χ0n) is 10.8. The van der Waals surface area contributed by atoms with Crippen molar-refractivity contribution in [3.8, 4) is 0 Å². The number of hydrogen-bond donors (Lipinski definition) is 1. The lowest BCUT2D eigenvalue weighted by molar-refractivity contribution is 0.552. The Hall–Kier alpha value is -1.99. The second-order valence-corrected chi connectivity index (χ2v) is 5.98. The number of nitrogens with two attached hydrogens (primary N) is 1. The Morgan fingerprint density at radius 3 is 2.60 bits per heavy atom. The SMILES string of the molecule is CN(c1ccccc1CN)S(=O)(=O)c1ncccc1F. The number of nitrogens with zero attached hydrogens (tertiary/aromatic N) is 2. The fourth-order valence-electron chi connectivity index (χ4n) is 1.81. The Morgan fingerprint density at radius 1 is 1.25 bits per heavy atom. The van der Waals surface area contributed by atoms with Crippen LogP contribution in [0.2, 0.25) is 0 Å². The third-order valence-electron chi connectivity index (χ3n) is 2.88. The molecule has 0 atom stereocenters. The van der Waals surface area contributed by atoms with E-state index in [1.165, 1.54) is 19.3 Å². The average Bonchev–Trinajstić information content (AvgIpc) is 2.46. The number of para-hydroxylation sites is 1. The molecule has 0 bridgehead atoms. The first-order chi connectivity index (χ1) is 9.48. The standard InChI is InChI=1S/C13H14FN3O2S/c1-17(12-7-3-2-5-10(12)9-15)20(18,19)13-11(14)6-4-8-16-13/h2-8H,9,15H2,1H3. The molecule has 0 amide bonds. The van der Waals surface area contributed by atoms with Gasteiger partial charge >= 0.3 is 0 Å². The summed E-state index contributed by atoms with van der Waals surface area (Å²) < 4.78 is 39.4. The third-order valence-corrected chi connectivity index (χ3v) is 4.59. The van der Waals surface area contributed by atoms with Crippen LogP contribution in [0, 0.1) is 5.82 Å². The van der Waals surface area contributed by atoms with E-state index in [-0.39, 0.29) is 6.54 Å². The first-order valence-electron chi connectivity index (χ1n) is 5.86. The van der Waals surface area contributed by atoms with Crippen LogP contribution in [0.25, 0.3) is 0 Å². The van der Waals surface area contributed by atoms with Gasteiger partial charge in [-0.1, -0.05) is 18.2 Å². The van der Waals surface area contributed by atoms with E-state index in [4.69, 9.17) is 5.73 Å². The van der Waals surface area contributed by atoms with Crippen LogP contribution < -0.4 is 10.0 Å². The van der Waals surface area contributed by atoms with Gasteiger partial charge in [0.2, 0.25) is 5.03 Å². The van der Waals surface area contributed by atoms with Crippen LogP contribution in [0.4, 0.5) is 10.1 Å². The zero-order chi connectivity index (χ0) is 14.8. The van der Waals surface area contributed by atoms with Crippen LogP contribution in [-0.4, -0.2) is 20.4 Å². The number of benzene rings is 1. The van der Waals surface area contributed by atoms with Crippen molar-refractivity contribution in [3.05, 3.63) is 54.0 Å². The molecule has 2 rings (SSSR count). The number of halogens is 1. The first kappa shape index (κ1) is 14.4. The third kappa shape index (κ3) is 2.50. The second kappa shape index (κ2) is 5.56. The molecule has 0 aliphatic rings. The summed E-state index contributed by atoms with van der Waals surface area (Å²) in [5.74, 6) is -0.885. The maximum absolute atomic E-state index is 13.7. The minimum absolute atomic E-state index is 0.181. The van der Waals surface area contributed by atoms with E-state index in [1.54, 1.807) is 24.3 Å². The van der Waals surface area contributed by atoms with Gasteiger partial charge < -0.3 is 5.73 Å². The van der Waals surface area contributed by atoms with Crippen LogP contribution in [0.15, 0.2) is 47.6 Å². The molecule has 0 aliphatic carbocycles. The number of aromatic nitrogens is 1. The number of sulfonamides is 1. The fraction of sp³-hybridized carbons (Fsp3) is 0.154. The Labute approximate surface area is 116 Å². The lowest BCUT2D eigenvalue weighted by Crippen LogP contribution is -2.29. The zero-order valence-corrected chi connectivity index (χ0v) is 11.6. The predicted octanol–water partition coefficient (Wildman–Crippen LogP) is 1.50. The van der Waals surface area contributed by atoms with Crippen molar-refractivity contribution in [2.24, 2.45) is 5.73 Å². The number of anilines is 1. The minimum atomic E-state index is -4.06. The van der Waals surface area contributed by atoms with Crippen LogP contribution >= 0.6 is 0 Å². The average molecular weight is 295 g/mol. The van der Waals surface area contributed by atoms with E-state index in [9.17, 15) is 12.8 Å². The number of pyridine rings is 1. The molecular weight excluding hydrogens is 281 g/mol. The smallest absolute Gasteiger partial charge is 0.284 e. The summed E-state index contributed by atoms with van der Waals surface area (Å²) in [5, 5.41) is -0.602. The van der Waals surface area contributed by atoms with E-state index in [1.807, 2.05) is 0 Å². The molecule has 7 heteroatoms. The maximum atomic E-state index is 13.7. The highest BCUT2D eigenvalue weighted by atomic mass is 32.2. The molecule has 106 valence electrons. The fourth-order valence-corrected chi connectivity index (χ4v) is 3.02. The lowest BCUT2D eigenvalue weighted by Gasteiger charge is -2.21. The van der Waals surface area contributed by atoms with Gasteiger partial charge in [0.15, 0.2) is 5.82 Å². The van der Waals surface area contributed by atoms with Crippen LogP contribution in [0.3, 0.4) is 0 Å². The lowest BCUT2D eigenvalue weighted by atomic mass is 10.2. The molecule has 20 heavy (non-hydrogen) atoms. The molecule has 2 N–H and O–H groups in total. The first-order valence-corrected chi connectivity index (χ1v) is 7.30. The van der Waals surface area contributed by atoms with E-state index in [0.717, 1.165) is 10.4 Å². The Morgan fingerprint density at radius 2 is 1.95 bits per heavy atom. The molecule has 0 aliphatic heterocycles. The maximum Gasteiger partial charge on any atom is 0.284 e. The van der Waals surface area contributed by atoms with Crippen molar-refractivity contribution in [3.63, 3.8) is 0 Å². The summed E-state index contributed by atoms with van der Waals surface area (Å²) in [7, 11) is -2.72. The molecule has 1 aromatic heterocycles. The van der Waals surface area contributed by atoms with E-state index in [0.29, 0.717) is 11.3 Å². The van der Waals surface area contributed by atoms with Gasteiger partial charge in [0.25, 0.3) is 10.0 Å². The van der Waals surface area contributed by atoms with Gasteiger partial charge in [-0.15, -0.1) is 0 Å². The van der Waals surface area contributed by atoms with E-state index >= 15 is 0 Å². The molecule has 1 heterocycles. The monoisotopic (exact) mass is 295 g/mol. The highest BCUT2D eigenvalue weighted by molar-refractivity contribution is 7.92. The largest absolute Gasteiger partial charge is 0.326 e. The Bertz CT molecular complexity index is 719. The molecule has 2 aromatic rings. The Balaban J connectivity index is 2.52. The quantitative estimate of drug-likeness (QED) is 0.927. The van der Waals surface area contributed by atoms with Crippen molar-refractivity contribution >= 4 is 15.7 Å². The van der Waals surface area contributed by atoms with Gasteiger partial charge in [0, 0.05) is 19.8 Å². The van der Waals surface area contributed by atoms with Crippen molar-refractivity contribution in [2.45, 2.75) is 11.6 Å². The molecule has 5 nitrogen and oxygen atoms in total.